The molecule has 1 heterocycles. The first-order chi connectivity index (χ1) is 10.2. The van der Waals surface area contributed by atoms with Crippen LogP contribution in [0.2, 0.25) is 0 Å². The van der Waals surface area contributed by atoms with Gasteiger partial charge in [-0.15, -0.1) is 12.4 Å². The molecule has 1 atom stereocenters. The largest absolute Gasteiger partial charge is 0.368 e. The number of carbonyl (C=O) groups excluding carboxylic acids is 1. The van der Waals surface area contributed by atoms with Crippen LogP contribution in [-0.2, 0) is 9.53 Å². The van der Waals surface area contributed by atoms with E-state index >= 15 is 0 Å². The number of hydrogen-bond acceptors (Lipinski definition) is 3. The number of methoxy groups -OCH3 is 1. The van der Waals surface area contributed by atoms with E-state index in [1.807, 2.05) is 18.2 Å². The van der Waals surface area contributed by atoms with Gasteiger partial charge in [0.15, 0.2) is 0 Å². The molecule has 0 spiro atoms. The molecule has 22 heavy (non-hydrogen) atoms. The van der Waals surface area contributed by atoms with Crippen molar-refractivity contribution in [2.45, 2.75) is 37.7 Å². The fourth-order valence-electron chi connectivity index (χ4n) is 2.95. The molecular weight excluding hydrogens is 300 g/mol. The first kappa shape index (κ1) is 18.9. The van der Waals surface area contributed by atoms with Crippen molar-refractivity contribution in [3.8, 4) is 0 Å². The minimum absolute atomic E-state index is 0. The number of ether oxygens (including phenoxy) is 1. The van der Waals surface area contributed by atoms with E-state index < -0.39 is 5.60 Å². The van der Waals surface area contributed by atoms with Gasteiger partial charge in [0.05, 0.1) is 0 Å². The molecule has 1 aliphatic heterocycles. The van der Waals surface area contributed by atoms with Gasteiger partial charge in [0.1, 0.15) is 5.60 Å². The summed E-state index contributed by atoms with van der Waals surface area (Å²) in [5, 5.41) is 6.37. The van der Waals surface area contributed by atoms with Crippen molar-refractivity contribution < 1.29 is 9.53 Å². The highest BCUT2D eigenvalue weighted by atomic mass is 35.5. The van der Waals surface area contributed by atoms with E-state index in [0.29, 0.717) is 12.5 Å². The lowest BCUT2D eigenvalue weighted by Crippen LogP contribution is -2.54. The molecule has 4 nitrogen and oxygen atoms in total. The third kappa shape index (κ3) is 4.45. The third-order valence-corrected chi connectivity index (χ3v) is 4.49. The number of piperidine rings is 1. The van der Waals surface area contributed by atoms with Crippen LogP contribution in [0.15, 0.2) is 30.3 Å². The van der Waals surface area contributed by atoms with Gasteiger partial charge >= 0.3 is 0 Å². The maximum absolute atomic E-state index is 12.5. The van der Waals surface area contributed by atoms with Crippen molar-refractivity contribution in [2.75, 3.05) is 26.7 Å². The number of benzene rings is 1. The van der Waals surface area contributed by atoms with E-state index in [-0.39, 0.29) is 18.3 Å². The van der Waals surface area contributed by atoms with Gasteiger partial charge in [-0.1, -0.05) is 37.3 Å². The summed E-state index contributed by atoms with van der Waals surface area (Å²) in [6.07, 6.45) is 2.47. The summed E-state index contributed by atoms with van der Waals surface area (Å²) in [6.45, 7) is 4.48. The van der Waals surface area contributed by atoms with Crippen molar-refractivity contribution >= 4 is 18.3 Å². The van der Waals surface area contributed by atoms with Gasteiger partial charge < -0.3 is 15.4 Å². The molecule has 5 heteroatoms. The molecule has 2 rings (SSSR count). The van der Waals surface area contributed by atoms with Crippen LogP contribution in [0.3, 0.4) is 0 Å². The van der Waals surface area contributed by atoms with Gasteiger partial charge in [-0.25, -0.2) is 0 Å². The van der Waals surface area contributed by atoms with Crippen molar-refractivity contribution in [1.82, 2.24) is 10.6 Å². The maximum atomic E-state index is 12.5. The van der Waals surface area contributed by atoms with E-state index in [1.165, 1.54) is 5.56 Å². The average molecular weight is 327 g/mol. The van der Waals surface area contributed by atoms with Gasteiger partial charge in [0.25, 0.3) is 5.91 Å². The van der Waals surface area contributed by atoms with Crippen molar-refractivity contribution in [3.63, 3.8) is 0 Å². The minimum Gasteiger partial charge on any atom is -0.368 e. The third-order valence-electron chi connectivity index (χ3n) is 4.49. The van der Waals surface area contributed by atoms with Crippen LogP contribution in [0.1, 0.15) is 37.7 Å². The van der Waals surface area contributed by atoms with Gasteiger partial charge in [-0.3, -0.25) is 4.79 Å². The van der Waals surface area contributed by atoms with E-state index in [2.05, 4.69) is 29.7 Å². The fraction of sp³-hybridized carbons (Fsp3) is 0.588. The molecule has 0 aromatic heterocycles. The summed E-state index contributed by atoms with van der Waals surface area (Å²) in [4.78, 5) is 12.5. The zero-order valence-electron chi connectivity index (χ0n) is 13.4. The topological polar surface area (TPSA) is 50.4 Å². The fourth-order valence-corrected chi connectivity index (χ4v) is 2.95. The van der Waals surface area contributed by atoms with Gasteiger partial charge in [-0.05, 0) is 37.9 Å². The van der Waals surface area contributed by atoms with Crippen molar-refractivity contribution in [1.29, 1.82) is 0 Å². The Morgan fingerprint density at radius 2 is 1.95 bits per heavy atom. The van der Waals surface area contributed by atoms with Gasteiger partial charge in [0.2, 0.25) is 0 Å². The van der Waals surface area contributed by atoms with E-state index in [9.17, 15) is 4.79 Å². The maximum Gasteiger partial charge on any atom is 0.252 e. The Labute approximate surface area is 139 Å². The Balaban J connectivity index is 0.00000242. The van der Waals surface area contributed by atoms with Crippen LogP contribution in [0.25, 0.3) is 0 Å². The molecule has 1 aliphatic rings. The predicted octanol–water partition coefficient (Wildman–Crippen LogP) is 2.49. The van der Waals surface area contributed by atoms with E-state index in [4.69, 9.17) is 4.74 Å². The van der Waals surface area contributed by atoms with Gasteiger partial charge in [-0.2, -0.15) is 0 Å². The lowest BCUT2D eigenvalue weighted by Gasteiger charge is -2.35. The molecule has 124 valence electrons. The molecule has 1 aromatic rings. The highest BCUT2D eigenvalue weighted by Gasteiger charge is 2.39. The first-order valence-electron chi connectivity index (χ1n) is 7.81. The Morgan fingerprint density at radius 3 is 2.50 bits per heavy atom. The van der Waals surface area contributed by atoms with E-state index in [1.54, 1.807) is 7.11 Å². The Bertz CT molecular complexity index is 447. The van der Waals surface area contributed by atoms with Crippen LogP contribution in [0.4, 0.5) is 0 Å². The molecule has 0 aliphatic carbocycles. The second-order valence-electron chi connectivity index (χ2n) is 5.67. The monoisotopic (exact) mass is 326 g/mol. The number of hydrogen-bond donors (Lipinski definition) is 2. The SMILES string of the molecule is CCC(CNC(=O)C1(OC)CCNCC1)c1ccccc1.Cl. The normalized spacial score (nSPS) is 18.1. The summed E-state index contributed by atoms with van der Waals surface area (Å²) in [5.41, 5.74) is 0.623. The van der Waals surface area contributed by atoms with Gasteiger partial charge in [0, 0.05) is 19.6 Å². The number of amides is 1. The van der Waals surface area contributed by atoms with Crippen LogP contribution in [-0.4, -0.2) is 38.3 Å². The predicted molar refractivity (Wildman–Crippen MR) is 91.6 cm³/mol. The molecule has 0 bridgehead atoms. The van der Waals surface area contributed by atoms with Crippen LogP contribution < -0.4 is 10.6 Å². The summed E-state index contributed by atoms with van der Waals surface area (Å²) in [7, 11) is 1.64. The smallest absolute Gasteiger partial charge is 0.252 e. The summed E-state index contributed by atoms with van der Waals surface area (Å²) >= 11 is 0. The molecule has 1 unspecified atom stereocenters. The average Bonchev–Trinajstić information content (AvgIpc) is 2.56. The lowest BCUT2D eigenvalue weighted by atomic mass is 9.90. The molecule has 1 aromatic carbocycles. The molecule has 1 amide bonds. The Morgan fingerprint density at radius 1 is 1.32 bits per heavy atom. The molecule has 2 N–H and O–H groups in total. The number of nitrogens with one attached hydrogen (secondary N) is 2. The molecule has 0 radical (unpaired) electrons. The molecular formula is C17H27ClN2O2. The summed E-state index contributed by atoms with van der Waals surface area (Å²) in [5.74, 6) is 0.381. The highest BCUT2D eigenvalue weighted by Crippen LogP contribution is 2.24. The van der Waals surface area contributed by atoms with E-state index in [0.717, 1.165) is 32.4 Å². The van der Waals surface area contributed by atoms with Crippen LogP contribution >= 0.6 is 12.4 Å². The zero-order valence-corrected chi connectivity index (χ0v) is 14.2. The second-order valence-corrected chi connectivity index (χ2v) is 5.67. The standard InChI is InChI=1S/C17H26N2O2.ClH/c1-3-14(15-7-5-4-6-8-15)13-19-16(20)17(21-2)9-11-18-12-10-17;/h4-8,14,18H,3,9-13H2,1-2H3,(H,19,20);1H. The van der Waals surface area contributed by atoms with Crippen LogP contribution in [0.5, 0.6) is 0 Å². The first-order valence-corrected chi connectivity index (χ1v) is 7.81. The minimum atomic E-state index is -0.653. The Kier molecular flexibility index (Phi) is 7.87. The number of carbonyl (C=O) groups is 1. The zero-order chi connectivity index (χ0) is 15.1. The highest BCUT2D eigenvalue weighted by molar-refractivity contribution is 5.85. The quantitative estimate of drug-likeness (QED) is 0.844. The molecule has 1 saturated heterocycles. The Hall–Kier alpha value is -1.10. The molecule has 1 fully saturated rings. The molecule has 0 saturated carbocycles. The van der Waals surface area contributed by atoms with Crippen molar-refractivity contribution in [3.05, 3.63) is 35.9 Å². The summed E-state index contributed by atoms with van der Waals surface area (Å²) in [6, 6.07) is 10.4. The summed E-state index contributed by atoms with van der Waals surface area (Å²) < 4.78 is 5.56. The van der Waals surface area contributed by atoms with Crippen LogP contribution in [0, 0.1) is 0 Å². The number of rotatable bonds is 6. The second kappa shape index (κ2) is 9.13. The number of halogens is 1. The van der Waals surface area contributed by atoms with Crippen molar-refractivity contribution in [2.24, 2.45) is 0 Å². The lowest BCUT2D eigenvalue weighted by molar-refractivity contribution is -0.146.